The predicted molar refractivity (Wildman–Crippen MR) is 79.7 cm³/mol. The molecule has 5 N–H and O–H groups in total. The maximum Gasteiger partial charge on any atom is 0.248 e. The minimum atomic E-state index is -0.490. The van der Waals surface area contributed by atoms with Crippen molar-refractivity contribution < 1.29 is 9.53 Å². The third-order valence-corrected chi connectivity index (χ3v) is 2.95. The first-order chi connectivity index (χ1) is 9.60. The summed E-state index contributed by atoms with van der Waals surface area (Å²) in [5.74, 6) is 0.317. The fraction of sp³-hybridized carbons (Fsp3) is 0.133. The van der Waals surface area contributed by atoms with Gasteiger partial charge in [0.2, 0.25) is 5.91 Å². The van der Waals surface area contributed by atoms with Gasteiger partial charge in [0.1, 0.15) is 5.75 Å². The van der Waals surface area contributed by atoms with Crippen molar-refractivity contribution in [1.82, 2.24) is 0 Å². The van der Waals surface area contributed by atoms with Crippen LogP contribution < -0.4 is 21.5 Å². The second-order valence-electron chi connectivity index (χ2n) is 4.37. The number of nitrogen functional groups attached to an aromatic ring is 1. The molecule has 0 saturated heterocycles. The molecule has 0 aliphatic carbocycles. The molecule has 5 heteroatoms. The van der Waals surface area contributed by atoms with Crippen LogP contribution >= 0.6 is 0 Å². The van der Waals surface area contributed by atoms with Crippen LogP contribution in [0.15, 0.2) is 42.5 Å². The van der Waals surface area contributed by atoms with Gasteiger partial charge in [0.25, 0.3) is 0 Å². The molecule has 0 spiro atoms. The largest absolute Gasteiger partial charge is 0.497 e. The molecule has 5 nitrogen and oxygen atoms in total. The number of ether oxygens (including phenoxy) is 1. The Morgan fingerprint density at radius 2 is 2.05 bits per heavy atom. The van der Waals surface area contributed by atoms with Crippen LogP contribution in [0.25, 0.3) is 0 Å². The Bertz CT molecular complexity index is 626. The van der Waals surface area contributed by atoms with Crippen LogP contribution in [0, 0.1) is 0 Å². The second-order valence-corrected chi connectivity index (χ2v) is 4.37. The Hall–Kier alpha value is -2.69. The van der Waals surface area contributed by atoms with Crippen LogP contribution in [-0.4, -0.2) is 13.0 Å². The summed E-state index contributed by atoms with van der Waals surface area (Å²) in [6.07, 6.45) is 0. The molecule has 0 bridgehead atoms. The monoisotopic (exact) mass is 271 g/mol. The molecule has 0 unspecified atom stereocenters. The molecule has 0 aromatic heterocycles. The zero-order valence-corrected chi connectivity index (χ0v) is 11.2. The van der Waals surface area contributed by atoms with E-state index in [1.165, 1.54) is 0 Å². The molecule has 0 atom stereocenters. The van der Waals surface area contributed by atoms with Crippen molar-refractivity contribution in [2.45, 2.75) is 6.54 Å². The zero-order chi connectivity index (χ0) is 14.5. The summed E-state index contributed by atoms with van der Waals surface area (Å²) in [5.41, 5.74) is 13.8. The van der Waals surface area contributed by atoms with Gasteiger partial charge in [-0.25, -0.2) is 0 Å². The highest BCUT2D eigenvalue weighted by atomic mass is 16.5. The van der Waals surface area contributed by atoms with E-state index in [9.17, 15) is 4.79 Å². The van der Waals surface area contributed by atoms with E-state index < -0.39 is 5.91 Å². The summed E-state index contributed by atoms with van der Waals surface area (Å²) >= 11 is 0. The van der Waals surface area contributed by atoms with Crippen molar-refractivity contribution in [1.29, 1.82) is 0 Å². The molecule has 0 saturated carbocycles. The number of carbonyl (C=O) groups is 1. The van der Waals surface area contributed by atoms with Crippen molar-refractivity contribution in [2.75, 3.05) is 18.2 Å². The Morgan fingerprint density at radius 3 is 2.70 bits per heavy atom. The fourth-order valence-corrected chi connectivity index (χ4v) is 1.86. The van der Waals surface area contributed by atoms with E-state index in [4.69, 9.17) is 16.2 Å². The maximum absolute atomic E-state index is 11.0. The van der Waals surface area contributed by atoms with Gasteiger partial charge >= 0.3 is 0 Å². The molecule has 0 radical (unpaired) electrons. The van der Waals surface area contributed by atoms with Crippen molar-refractivity contribution in [2.24, 2.45) is 5.73 Å². The predicted octanol–water partition coefficient (Wildman–Crippen LogP) is 1.99. The summed E-state index contributed by atoms with van der Waals surface area (Å²) in [7, 11) is 1.63. The van der Waals surface area contributed by atoms with Crippen molar-refractivity contribution in [3.63, 3.8) is 0 Å². The van der Waals surface area contributed by atoms with Crippen LogP contribution in [0.4, 0.5) is 11.4 Å². The lowest BCUT2D eigenvalue weighted by Gasteiger charge is -2.11. The number of amides is 1. The zero-order valence-electron chi connectivity index (χ0n) is 11.2. The number of anilines is 2. The lowest BCUT2D eigenvalue weighted by atomic mass is 10.1. The van der Waals surface area contributed by atoms with Gasteiger partial charge < -0.3 is 21.5 Å². The summed E-state index contributed by atoms with van der Waals surface area (Å²) in [5, 5.41) is 3.21. The van der Waals surface area contributed by atoms with E-state index in [0.717, 1.165) is 17.0 Å². The molecule has 0 fully saturated rings. The van der Waals surface area contributed by atoms with Crippen LogP contribution in [0.1, 0.15) is 15.9 Å². The summed E-state index contributed by atoms with van der Waals surface area (Å²) in [4.78, 5) is 11.0. The number of hydrogen-bond donors (Lipinski definition) is 3. The maximum atomic E-state index is 11.0. The molecular weight excluding hydrogens is 254 g/mol. The van der Waals surface area contributed by atoms with E-state index in [0.29, 0.717) is 17.8 Å². The first-order valence-corrected chi connectivity index (χ1v) is 6.16. The number of nitrogens with two attached hydrogens (primary N) is 2. The minimum Gasteiger partial charge on any atom is -0.497 e. The number of carbonyl (C=O) groups excluding carboxylic acids is 1. The third kappa shape index (κ3) is 3.20. The lowest BCUT2D eigenvalue weighted by molar-refractivity contribution is 0.100. The van der Waals surface area contributed by atoms with Crippen LogP contribution in [0.3, 0.4) is 0 Å². The average Bonchev–Trinajstić information content (AvgIpc) is 2.46. The Morgan fingerprint density at radius 1 is 1.25 bits per heavy atom. The molecule has 0 aliphatic heterocycles. The number of methoxy groups -OCH3 is 1. The number of primary amides is 1. The number of nitrogens with one attached hydrogen (secondary N) is 1. The van der Waals surface area contributed by atoms with Crippen molar-refractivity contribution in [3.8, 4) is 5.75 Å². The van der Waals surface area contributed by atoms with E-state index in [2.05, 4.69) is 5.32 Å². The number of rotatable bonds is 5. The Balaban J connectivity index is 2.08. The fourth-order valence-electron chi connectivity index (χ4n) is 1.86. The summed E-state index contributed by atoms with van der Waals surface area (Å²) in [6, 6.07) is 12.7. The molecule has 1 amide bonds. The van der Waals surface area contributed by atoms with Gasteiger partial charge in [0, 0.05) is 12.1 Å². The normalized spacial score (nSPS) is 10.1. The molecule has 104 valence electrons. The van der Waals surface area contributed by atoms with E-state index in [-0.39, 0.29) is 0 Å². The van der Waals surface area contributed by atoms with Gasteiger partial charge in [0.15, 0.2) is 0 Å². The molecule has 2 aromatic carbocycles. The van der Waals surface area contributed by atoms with Gasteiger partial charge in [-0.2, -0.15) is 0 Å². The molecule has 0 aliphatic rings. The second kappa shape index (κ2) is 5.97. The average molecular weight is 271 g/mol. The third-order valence-electron chi connectivity index (χ3n) is 2.95. The van der Waals surface area contributed by atoms with E-state index in [1.54, 1.807) is 25.3 Å². The minimum absolute atomic E-state index is 0.398. The Kier molecular flexibility index (Phi) is 4.10. The van der Waals surface area contributed by atoms with Gasteiger partial charge in [-0.1, -0.05) is 12.1 Å². The topological polar surface area (TPSA) is 90.4 Å². The van der Waals surface area contributed by atoms with Gasteiger partial charge in [-0.3, -0.25) is 4.79 Å². The van der Waals surface area contributed by atoms with Gasteiger partial charge in [0.05, 0.1) is 18.5 Å². The standard InChI is InChI=1S/C15H17N3O2/c1-20-12-4-2-3-10(7-12)9-18-14-6-5-11(15(17)19)8-13(14)16/h2-8,18H,9,16H2,1H3,(H2,17,19). The smallest absolute Gasteiger partial charge is 0.248 e. The lowest BCUT2D eigenvalue weighted by Crippen LogP contribution is -2.12. The molecule has 20 heavy (non-hydrogen) atoms. The Labute approximate surface area is 117 Å². The quantitative estimate of drug-likeness (QED) is 0.725. The van der Waals surface area contributed by atoms with Gasteiger partial charge in [-0.05, 0) is 35.9 Å². The van der Waals surface area contributed by atoms with Crippen LogP contribution in [0.5, 0.6) is 5.75 Å². The summed E-state index contributed by atoms with van der Waals surface area (Å²) < 4.78 is 5.17. The molecular formula is C15H17N3O2. The van der Waals surface area contributed by atoms with Crippen LogP contribution in [0.2, 0.25) is 0 Å². The SMILES string of the molecule is COc1cccc(CNc2ccc(C(N)=O)cc2N)c1. The highest BCUT2D eigenvalue weighted by molar-refractivity contribution is 5.94. The highest BCUT2D eigenvalue weighted by Gasteiger charge is 2.05. The van der Waals surface area contributed by atoms with Crippen molar-refractivity contribution >= 4 is 17.3 Å². The number of hydrogen-bond acceptors (Lipinski definition) is 4. The number of benzene rings is 2. The summed E-state index contributed by atoms with van der Waals surface area (Å²) in [6.45, 7) is 0.608. The van der Waals surface area contributed by atoms with E-state index in [1.807, 2.05) is 24.3 Å². The molecule has 0 heterocycles. The first kappa shape index (κ1) is 13.7. The highest BCUT2D eigenvalue weighted by Crippen LogP contribution is 2.21. The molecule has 2 aromatic rings. The van der Waals surface area contributed by atoms with Crippen LogP contribution in [-0.2, 0) is 6.54 Å². The molecule has 2 rings (SSSR count). The van der Waals surface area contributed by atoms with Gasteiger partial charge in [-0.15, -0.1) is 0 Å². The van der Waals surface area contributed by atoms with E-state index >= 15 is 0 Å². The first-order valence-electron chi connectivity index (χ1n) is 6.16. The van der Waals surface area contributed by atoms with Crippen molar-refractivity contribution in [3.05, 3.63) is 53.6 Å².